The van der Waals surface area contributed by atoms with Crippen LogP contribution in [-0.2, 0) is 12.8 Å². The van der Waals surface area contributed by atoms with Crippen molar-refractivity contribution in [3.63, 3.8) is 0 Å². The molecule has 0 amide bonds. The largest absolute Gasteiger partial charge is 0.496 e. The minimum absolute atomic E-state index is 0.360. The van der Waals surface area contributed by atoms with Gasteiger partial charge in [0.1, 0.15) is 5.75 Å². The maximum atomic E-state index is 5.65. The first-order chi connectivity index (χ1) is 11.7. The Kier molecular flexibility index (Phi) is 3.65. The summed E-state index contributed by atoms with van der Waals surface area (Å²) >= 11 is 0. The summed E-state index contributed by atoms with van der Waals surface area (Å²) in [6.07, 6.45) is 2.01. The first-order valence-corrected chi connectivity index (χ1v) is 8.37. The van der Waals surface area contributed by atoms with Crippen LogP contribution in [0.3, 0.4) is 0 Å². The Morgan fingerprint density at radius 2 is 1.58 bits per heavy atom. The Morgan fingerprint density at radius 1 is 0.917 bits per heavy atom. The Bertz CT molecular complexity index is 813. The summed E-state index contributed by atoms with van der Waals surface area (Å²) in [6.45, 7) is 3.15. The Hall–Kier alpha value is -2.20. The van der Waals surface area contributed by atoms with Crippen LogP contribution < -0.4 is 19.5 Å². The van der Waals surface area contributed by atoms with E-state index in [1.54, 1.807) is 21.3 Å². The minimum atomic E-state index is 0.360. The molecule has 126 valence electrons. The van der Waals surface area contributed by atoms with Crippen LogP contribution in [0, 0.1) is 6.92 Å². The van der Waals surface area contributed by atoms with E-state index < -0.39 is 0 Å². The number of benzene rings is 2. The van der Waals surface area contributed by atoms with E-state index in [0.29, 0.717) is 6.04 Å². The highest BCUT2D eigenvalue weighted by molar-refractivity contribution is 5.82. The van der Waals surface area contributed by atoms with E-state index in [4.69, 9.17) is 14.2 Å². The summed E-state index contributed by atoms with van der Waals surface area (Å²) in [7, 11) is 5.12. The van der Waals surface area contributed by atoms with Crippen molar-refractivity contribution in [2.75, 3.05) is 27.9 Å². The molecule has 24 heavy (non-hydrogen) atoms. The number of hydrogen-bond donors (Lipinski definition) is 1. The van der Waals surface area contributed by atoms with Gasteiger partial charge < -0.3 is 19.5 Å². The molecule has 0 aromatic heterocycles. The van der Waals surface area contributed by atoms with Gasteiger partial charge in [-0.1, -0.05) is 0 Å². The standard InChI is InChI=1S/C20H23NO3/c1-11-16(22-2)8-12-5-6-21-15-7-13-9-17(23-3)18(24-4)10-14(13)19(11)20(12)15/h8-10,15,21H,5-7H2,1-4H3. The molecule has 0 saturated heterocycles. The number of hydrogen-bond acceptors (Lipinski definition) is 4. The third kappa shape index (κ3) is 2.09. The highest BCUT2D eigenvalue weighted by Gasteiger charge is 2.32. The molecule has 0 spiro atoms. The number of fused-ring (bicyclic) bond motifs is 2. The average molecular weight is 325 g/mol. The van der Waals surface area contributed by atoms with Crippen LogP contribution in [0.15, 0.2) is 18.2 Å². The summed E-state index contributed by atoms with van der Waals surface area (Å²) in [6, 6.07) is 6.81. The molecular weight excluding hydrogens is 302 g/mol. The second-order valence-electron chi connectivity index (χ2n) is 6.48. The van der Waals surface area contributed by atoms with Crippen molar-refractivity contribution in [3.05, 3.63) is 40.5 Å². The van der Waals surface area contributed by atoms with E-state index in [9.17, 15) is 0 Å². The van der Waals surface area contributed by atoms with Gasteiger partial charge in [0.05, 0.1) is 21.3 Å². The van der Waals surface area contributed by atoms with Gasteiger partial charge in [0.15, 0.2) is 11.5 Å². The van der Waals surface area contributed by atoms with Gasteiger partial charge in [-0.25, -0.2) is 0 Å². The molecule has 0 bridgehead atoms. The van der Waals surface area contributed by atoms with Crippen molar-refractivity contribution < 1.29 is 14.2 Å². The smallest absolute Gasteiger partial charge is 0.161 e. The van der Waals surface area contributed by atoms with Crippen molar-refractivity contribution in [2.45, 2.75) is 25.8 Å². The normalized spacial score (nSPS) is 17.8. The number of nitrogens with one attached hydrogen (secondary N) is 1. The lowest BCUT2D eigenvalue weighted by Crippen LogP contribution is -2.34. The van der Waals surface area contributed by atoms with Crippen LogP contribution in [0.4, 0.5) is 0 Å². The first kappa shape index (κ1) is 15.3. The van der Waals surface area contributed by atoms with E-state index in [-0.39, 0.29) is 0 Å². The topological polar surface area (TPSA) is 39.7 Å². The summed E-state index contributed by atoms with van der Waals surface area (Å²) in [4.78, 5) is 0. The summed E-state index contributed by atoms with van der Waals surface area (Å²) in [5.41, 5.74) is 7.85. The van der Waals surface area contributed by atoms with Crippen LogP contribution in [0.25, 0.3) is 11.1 Å². The average Bonchev–Trinajstić information content (AvgIpc) is 2.62. The number of methoxy groups -OCH3 is 3. The highest BCUT2D eigenvalue weighted by atomic mass is 16.5. The predicted molar refractivity (Wildman–Crippen MR) is 94.4 cm³/mol. The monoisotopic (exact) mass is 325 g/mol. The molecule has 2 aromatic rings. The van der Waals surface area contributed by atoms with Crippen LogP contribution in [0.5, 0.6) is 17.2 Å². The molecule has 0 saturated carbocycles. The van der Waals surface area contributed by atoms with Gasteiger partial charge in [0.2, 0.25) is 0 Å². The zero-order valence-corrected chi connectivity index (χ0v) is 14.7. The quantitative estimate of drug-likeness (QED) is 0.938. The Balaban J connectivity index is 2.04. The minimum Gasteiger partial charge on any atom is -0.496 e. The van der Waals surface area contributed by atoms with Gasteiger partial charge in [-0.15, -0.1) is 0 Å². The molecule has 1 N–H and O–H groups in total. The summed E-state index contributed by atoms with van der Waals surface area (Å²) in [5, 5.41) is 3.68. The second-order valence-corrected chi connectivity index (χ2v) is 6.48. The molecule has 4 rings (SSSR count). The molecule has 1 unspecified atom stereocenters. The predicted octanol–water partition coefficient (Wildman–Crippen LogP) is 3.43. The van der Waals surface area contributed by atoms with Crippen molar-refractivity contribution in [3.8, 4) is 28.4 Å². The van der Waals surface area contributed by atoms with Crippen LogP contribution in [-0.4, -0.2) is 27.9 Å². The molecule has 1 aliphatic heterocycles. The molecular formula is C20H23NO3. The van der Waals surface area contributed by atoms with E-state index >= 15 is 0 Å². The fourth-order valence-corrected chi connectivity index (χ4v) is 4.19. The molecule has 0 fully saturated rings. The summed E-state index contributed by atoms with van der Waals surface area (Å²) in [5.74, 6) is 2.53. The lowest BCUT2D eigenvalue weighted by Gasteiger charge is -2.36. The molecule has 4 nitrogen and oxygen atoms in total. The van der Waals surface area contributed by atoms with Crippen LogP contribution in [0.2, 0.25) is 0 Å². The second kappa shape index (κ2) is 5.71. The molecule has 1 aliphatic carbocycles. The lowest BCUT2D eigenvalue weighted by molar-refractivity contribution is 0.354. The zero-order valence-electron chi connectivity index (χ0n) is 14.7. The van der Waals surface area contributed by atoms with Crippen LogP contribution >= 0.6 is 0 Å². The van der Waals surface area contributed by atoms with Crippen LogP contribution in [0.1, 0.15) is 28.3 Å². The zero-order chi connectivity index (χ0) is 16.8. The third-order valence-electron chi connectivity index (χ3n) is 5.32. The fourth-order valence-electron chi connectivity index (χ4n) is 4.19. The maximum Gasteiger partial charge on any atom is 0.161 e. The molecule has 0 radical (unpaired) electrons. The van der Waals surface area contributed by atoms with Crippen molar-refractivity contribution >= 4 is 0 Å². The van der Waals surface area contributed by atoms with Gasteiger partial charge >= 0.3 is 0 Å². The maximum absolute atomic E-state index is 5.65. The van der Waals surface area contributed by atoms with Gasteiger partial charge in [-0.05, 0) is 77.9 Å². The Labute approximate surface area is 142 Å². The van der Waals surface area contributed by atoms with E-state index in [1.165, 1.54) is 33.4 Å². The summed E-state index contributed by atoms with van der Waals surface area (Å²) < 4.78 is 16.7. The molecule has 1 heterocycles. The van der Waals surface area contributed by atoms with Crippen molar-refractivity contribution in [1.82, 2.24) is 5.32 Å². The molecule has 2 aliphatic rings. The van der Waals surface area contributed by atoms with E-state index in [2.05, 4.69) is 30.4 Å². The van der Waals surface area contributed by atoms with Gasteiger partial charge in [-0.3, -0.25) is 0 Å². The van der Waals surface area contributed by atoms with E-state index in [1.807, 2.05) is 0 Å². The van der Waals surface area contributed by atoms with Gasteiger partial charge in [0, 0.05) is 6.04 Å². The lowest BCUT2D eigenvalue weighted by atomic mass is 9.76. The first-order valence-electron chi connectivity index (χ1n) is 8.37. The Morgan fingerprint density at radius 3 is 2.29 bits per heavy atom. The highest BCUT2D eigenvalue weighted by Crippen LogP contribution is 2.49. The molecule has 2 aromatic carbocycles. The SMILES string of the molecule is COc1cc2c(cc1OC)-c1c(C)c(OC)cc3c1C(C2)NCC3. The van der Waals surface area contributed by atoms with Gasteiger partial charge in [-0.2, -0.15) is 0 Å². The van der Waals surface area contributed by atoms with E-state index in [0.717, 1.165) is 36.6 Å². The van der Waals surface area contributed by atoms with Gasteiger partial charge in [0.25, 0.3) is 0 Å². The molecule has 4 heteroatoms. The third-order valence-corrected chi connectivity index (χ3v) is 5.32. The van der Waals surface area contributed by atoms with Crippen molar-refractivity contribution in [1.29, 1.82) is 0 Å². The fraction of sp³-hybridized carbons (Fsp3) is 0.400. The molecule has 1 atom stereocenters. The number of rotatable bonds is 3. The number of ether oxygens (including phenoxy) is 3. The van der Waals surface area contributed by atoms with Crippen molar-refractivity contribution in [2.24, 2.45) is 0 Å².